The average molecular weight is 205 g/mol. The van der Waals surface area contributed by atoms with Crippen LogP contribution in [0.1, 0.15) is 19.8 Å². The quantitative estimate of drug-likeness (QED) is 0.509. The van der Waals surface area contributed by atoms with Crippen LogP contribution < -0.4 is 0 Å². The molecule has 1 heterocycles. The zero-order chi connectivity index (χ0) is 9.68. The van der Waals surface area contributed by atoms with Gasteiger partial charge in [0.05, 0.1) is 19.8 Å². The van der Waals surface area contributed by atoms with Gasteiger partial charge in [0.2, 0.25) is 0 Å². The van der Waals surface area contributed by atoms with Crippen molar-refractivity contribution in [1.82, 2.24) is 0 Å². The smallest absolute Gasteiger partial charge is 0.349 e. The summed E-state index contributed by atoms with van der Waals surface area (Å²) in [5, 5.41) is 0.241. The summed E-state index contributed by atoms with van der Waals surface area (Å²) < 4.78 is 9.93. The third-order valence-corrected chi connectivity index (χ3v) is 2.28. The Kier molecular flexibility index (Phi) is 4.25. The molecule has 0 radical (unpaired) electrons. The average Bonchev–Trinajstić information content (AvgIpc) is 2.18. The number of carbonyl (C=O) groups is 1. The van der Waals surface area contributed by atoms with Crippen molar-refractivity contribution >= 4 is 17.6 Å². The number of carbonyl (C=O) groups excluding carboxylic acids is 1. The van der Waals surface area contributed by atoms with E-state index in [0.29, 0.717) is 19.8 Å². The maximum absolute atomic E-state index is 11.2. The van der Waals surface area contributed by atoms with E-state index >= 15 is 0 Å². The molecule has 0 atom stereocenters. The minimum absolute atomic E-state index is 0.241. The molecule has 0 aromatic rings. The van der Waals surface area contributed by atoms with Crippen LogP contribution in [0, 0.1) is 0 Å². The van der Waals surface area contributed by atoms with Crippen LogP contribution in [0.2, 0.25) is 0 Å². The molecule has 1 saturated heterocycles. The Morgan fingerprint density at radius 1 is 1.54 bits per heavy atom. The highest BCUT2D eigenvalue weighted by Crippen LogP contribution is 2.21. The molecule has 4 heteroatoms. The number of esters is 1. The molecule has 1 aliphatic heterocycles. The molecule has 13 heavy (non-hydrogen) atoms. The minimum Gasteiger partial charge on any atom is -0.462 e. The summed E-state index contributed by atoms with van der Waals surface area (Å²) in [6, 6.07) is 0. The Morgan fingerprint density at radius 2 is 2.15 bits per heavy atom. The number of hydrogen-bond acceptors (Lipinski definition) is 3. The Morgan fingerprint density at radius 3 is 2.69 bits per heavy atom. The maximum atomic E-state index is 11.2. The fraction of sp³-hybridized carbons (Fsp3) is 0.667. The number of rotatable bonds is 2. The van der Waals surface area contributed by atoms with Crippen molar-refractivity contribution in [2.45, 2.75) is 19.8 Å². The van der Waals surface area contributed by atoms with Crippen LogP contribution in [0.3, 0.4) is 0 Å². The second kappa shape index (κ2) is 5.25. The van der Waals surface area contributed by atoms with Crippen LogP contribution in [-0.4, -0.2) is 25.8 Å². The lowest BCUT2D eigenvalue weighted by Gasteiger charge is -2.15. The van der Waals surface area contributed by atoms with Crippen LogP contribution in [0.25, 0.3) is 0 Å². The van der Waals surface area contributed by atoms with Gasteiger partial charge in [-0.2, -0.15) is 0 Å². The van der Waals surface area contributed by atoms with Crippen molar-refractivity contribution in [2.24, 2.45) is 0 Å². The lowest BCUT2D eigenvalue weighted by atomic mass is 10.1. The monoisotopic (exact) mass is 204 g/mol. The van der Waals surface area contributed by atoms with Gasteiger partial charge in [0, 0.05) is 0 Å². The molecule has 74 valence electrons. The van der Waals surface area contributed by atoms with Crippen molar-refractivity contribution < 1.29 is 14.3 Å². The molecule has 0 bridgehead atoms. The Hall–Kier alpha value is -0.540. The van der Waals surface area contributed by atoms with E-state index in [1.807, 2.05) is 0 Å². The van der Waals surface area contributed by atoms with E-state index in [4.69, 9.17) is 21.1 Å². The fourth-order valence-electron chi connectivity index (χ4n) is 1.18. The third kappa shape index (κ3) is 3.01. The first-order chi connectivity index (χ1) is 6.25. The molecule has 0 aromatic heterocycles. The van der Waals surface area contributed by atoms with Crippen molar-refractivity contribution in [2.75, 3.05) is 19.8 Å². The summed E-state index contributed by atoms with van der Waals surface area (Å²) in [7, 11) is 0. The molecule has 3 nitrogen and oxygen atoms in total. The zero-order valence-electron chi connectivity index (χ0n) is 7.64. The molecular formula is C9H13ClO3. The molecular weight excluding hydrogens is 192 g/mol. The van der Waals surface area contributed by atoms with E-state index in [9.17, 15) is 4.79 Å². The van der Waals surface area contributed by atoms with Crippen LogP contribution in [0.5, 0.6) is 0 Å². The third-order valence-electron chi connectivity index (χ3n) is 1.86. The van der Waals surface area contributed by atoms with E-state index in [0.717, 1.165) is 18.4 Å². The molecule has 0 amide bonds. The summed E-state index contributed by atoms with van der Waals surface area (Å²) in [6.45, 7) is 3.41. The van der Waals surface area contributed by atoms with E-state index in [1.54, 1.807) is 6.92 Å². The second-order valence-electron chi connectivity index (χ2n) is 2.75. The molecule has 1 aliphatic rings. The standard InChI is InChI=1S/C9H13ClO3/c1-2-13-9(11)8(10)7-3-5-12-6-4-7/h2-6H2,1H3. The highest BCUT2D eigenvalue weighted by Gasteiger charge is 2.16. The number of halogens is 1. The Balaban J connectivity index is 2.60. The van der Waals surface area contributed by atoms with Crippen LogP contribution in [-0.2, 0) is 14.3 Å². The molecule has 0 aromatic carbocycles. The summed E-state index contributed by atoms with van der Waals surface area (Å²) in [5.41, 5.74) is 0.950. The molecule has 1 rings (SSSR count). The van der Waals surface area contributed by atoms with Gasteiger partial charge >= 0.3 is 5.97 Å². The second-order valence-corrected chi connectivity index (χ2v) is 3.13. The highest BCUT2D eigenvalue weighted by atomic mass is 35.5. The predicted octanol–water partition coefficient (Wildman–Crippen LogP) is 1.85. The van der Waals surface area contributed by atoms with Crippen LogP contribution >= 0.6 is 11.6 Å². The summed E-state index contributed by atoms with van der Waals surface area (Å²) in [5.74, 6) is -0.416. The van der Waals surface area contributed by atoms with Crippen molar-refractivity contribution in [1.29, 1.82) is 0 Å². The molecule has 0 spiro atoms. The van der Waals surface area contributed by atoms with Crippen molar-refractivity contribution in [3.8, 4) is 0 Å². The minimum atomic E-state index is -0.416. The molecule has 0 aliphatic carbocycles. The van der Waals surface area contributed by atoms with Crippen LogP contribution in [0.4, 0.5) is 0 Å². The van der Waals surface area contributed by atoms with Gasteiger partial charge in [0.15, 0.2) is 0 Å². The van der Waals surface area contributed by atoms with Crippen LogP contribution in [0.15, 0.2) is 10.6 Å². The van der Waals surface area contributed by atoms with Gasteiger partial charge in [0.1, 0.15) is 5.03 Å². The number of ether oxygens (including phenoxy) is 2. The molecule has 0 unspecified atom stereocenters. The van der Waals surface area contributed by atoms with Gasteiger partial charge < -0.3 is 9.47 Å². The normalized spacial score (nSPS) is 16.9. The zero-order valence-corrected chi connectivity index (χ0v) is 8.39. The molecule has 0 N–H and O–H groups in total. The van der Waals surface area contributed by atoms with Gasteiger partial charge in [-0.15, -0.1) is 0 Å². The summed E-state index contributed by atoms with van der Waals surface area (Å²) >= 11 is 5.84. The SMILES string of the molecule is CCOC(=O)C(Cl)=C1CCOCC1. The van der Waals surface area contributed by atoms with E-state index in [1.165, 1.54) is 0 Å². The first-order valence-corrected chi connectivity index (χ1v) is 4.76. The van der Waals surface area contributed by atoms with E-state index in [-0.39, 0.29) is 5.03 Å². The lowest BCUT2D eigenvalue weighted by Crippen LogP contribution is -2.13. The lowest BCUT2D eigenvalue weighted by molar-refractivity contribution is -0.137. The Labute approximate surface area is 82.7 Å². The maximum Gasteiger partial charge on any atom is 0.349 e. The highest BCUT2D eigenvalue weighted by molar-refractivity contribution is 6.41. The molecule has 1 fully saturated rings. The summed E-state index contributed by atoms with van der Waals surface area (Å²) in [4.78, 5) is 11.2. The summed E-state index contributed by atoms with van der Waals surface area (Å²) in [6.07, 6.45) is 1.47. The van der Waals surface area contributed by atoms with Gasteiger partial charge in [-0.3, -0.25) is 0 Å². The van der Waals surface area contributed by atoms with Crippen molar-refractivity contribution in [3.63, 3.8) is 0 Å². The first kappa shape index (κ1) is 10.5. The molecule has 0 saturated carbocycles. The first-order valence-electron chi connectivity index (χ1n) is 4.38. The Bertz CT molecular complexity index is 215. The largest absolute Gasteiger partial charge is 0.462 e. The van der Waals surface area contributed by atoms with Gasteiger partial charge in [0.25, 0.3) is 0 Å². The topological polar surface area (TPSA) is 35.5 Å². The van der Waals surface area contributed by atoms with Crippen molar-refractivity contribution in [3.05, 3.63) is 10.6 Å². The predicted molar refractivity (Wildman–Crippen MR) is 49.6 cm³/mol. The van der Waals surface area contributed by atoms with E-state index < -0.39 is 5.97 Å². The number of hydrogen-bond donors (Lipinski definition) is 0. The van der Waals surface area contributed by atoms with E-state index in [2.05, 4.69) is 0 Å². The fourth-order valence-corrected chi connectivity index (χ4v) is 1.42. The van der Waals surface area contributed by atoms with Gasteiger partial charge in [-0.25, -0.2) is 4.79 Å². The van der Waals surface area contributed by atoms with Gasteiger partial charge in [-0.1, -0.05) is 11.6 Å². The van der Waals surface area contributed by atoms with Gasteiger partial charge in [-0.05, 0) is 25.3 Å².